The summed E-state index contributed by atoms with van der Waals surface area (Å²) in [6, 6.07) is 83.6. The molecule has 12 aromatic heterocycles. The minimum Gasteiger partial charge on any atom is -0.298 e. The van der Waals surface area contributed by atoms with E-state index in [2.05, 4.69) is 408 Å². The van der Waals surface area contributed by atoms with E-state index in [4.69, 9.17) is 14.1 Å². The summed E-state index contributed by atoms with van der Waals surface area (Å²) in [5.74, 6) is 6.69. The first-order chi connectivity index (χ1) is 67.7. The highest BCUT2D eigenvalue weighted by Gasteiger charge is 2.34. The van der Waals surface area contributed by atoms with Gasteiger partial charge < -0.3 is 0 Å². The van der Waals surface area contributed by atoms with Crippen molar-refractivity contribution in [2.45, 2.75) is 101 Å². The largest absolute Gasteiger partial charge is 0.298 e. The van der Waals surface area contributed by atoms with Crippen LogP contribution < -0.4 is 27.4 Å². The average Bonchev–Trinajstić information content (AvgIpc) is 1.58. The van der Waals surface area contributed by atoms with Gasteiger partial charge in [0.25, 0.3) is 0 Å². The smallest absolute Gasteiger partial charge is 0.212 e. The molecule has 18 nitrogen and oxygen atoms in total. The molecule has 0 N–H and O–H groups in total. The molecule has 0 radical (unpaired) electrons. The lowest BCUT2D eigenvalue weighted by Crippen LogP contribution is -2.31. The molecule has 18 heteroatoms. The first kappa shape index (κ1) is 82.6. The normalized spacial score (nSPS) is 12.7. The van der Waals surface area contributed by atoms with E-state index in [0.29, 0.717) is 5.56 Å². The van der Waals surface area contributed by atoms with Gasteiger partial charge in [0.1, 0.15) is 111 Å². The van der Waals surface area contributed by atoms with E-state index in [0.717, 1.165) is 107 Å². The number of nitrogens with zero attached hydrogens (tertiary/aromatic N) is 18. The van der Waals surface area contributed by atoms with E-state index < -0.39 is 6.85 Å². The van der Waals surface area contributed by atoms with E-state index in [9.17, 15) is 0 Å². The number of hydrogen-bond donors (Lipinski definition) is 0. The number of benzene rings is 9. The Morgan fingerprint density at radius 3 is 0.898 bits per heavy atom. The standard InChI is InChI=1S/C23H20N3.C22H20N3.C21H18N3.2C18H18N3.C17H16N3/c1-16-8-9-18(17-6-4-3-5-7-17)12-20(16)21-13-19-14-23-24-10-11-26(23)22(19)15-25(21)2;1-14-8-9-17(15(2)10-14)20-11-16-12-22-23-18-6-4-5-7-19(18)25(22)21(16)13-24(20)3;1-14-7-3-4-8-16(14)19-11-15-12-21-22-17-9-5-6-10-18(17)24(21)20(15)13-23(19)2;2*1-12-4-5-15(13(2)8-12)16-9-14-10-18-19-6-7-21(18)17(14)11-20(16)3;1-12-5-3-4-6-14(12)15-9-13-10-17-18-7-8-20(17)16(13)11-19(15)2/h3-13,15H,14H2,1-2H3;4-11,13H,12H2,1-3H3;3-11,13H,12H2,1-2H3;2*4-9,11H,10H2,1-3H3;3-9,11H,10H2,1-2H3/q6*+1/i;;;1D3;;. The van der Waals surface area contributed by atoms with Gasteiger partial charge in [0.05, 0.1) is 22.1 Å². The Hall–Kier alpha value is -16.3. The van der Waals surface area contributed by atoms with Crippen molar-refractivity contribution in [1.82, 2.24) is 57.3 Å². The van der Waals surface area contributed by atoms with Crippen molar-refractivity contribution in [3.05, 3.63) is 442 Å². The Morgan fingerprint density at radius 2 is 0.540 bits per heavy atom. The van der Waals surface area contributed by atoms with Crippen molar-refractivity contribution in [2.75, 3.05) is 0 Å². The number of fused-ring (bicyclic) bond motifs is 22. The maximum atomic E-state index is 7.56. The SMILES string of the molecule is Cc1ccc(-c2cc3c(c[n+]2C)-n2c(nc4ccccc42)C3)c(C)c1.Cc1ccc(-c2cc3c(c[n+]2C)-n2ccnc2C3)c(C)c1.Cc1ccc(-c2ccccc2)cc1-c1cc2c(c[n+]1C)-n1ccnc1C2.Cc1ccccc1-c1cc2c(c[n+]1C)-n1c(nc3ccccc31)C2.Cc1ccccc1-c1cc2c(c[n+]1C)-n1ccnc1C2.[2H]C([2H])([2H])c1ccc(-c2cc3c(c[n+]2C)-n2ccnc2C3)c(C)c1. The number of imidazole rings is 6. The predicted octanol–water partition coefficient (Wildman–Crippen LogP) is 20.4. The van der Waals surface area contributed by atoms with Gasteiger partial charge in [0, 0.05) is 162 Å². The average molecular weight is 1800 g/mol. The fourth-order valence-electron chi connectivity index (χ4n) is 21.1. The molecule has 0 spiro atoms. The molecule has 0 aliphatic carbocycles. The Bertz CT molecular complexity index is 8560. The molecule has 6 aliphatic rings. The van der Waals surface area contributed by atoms with E-state index in [1.165, 1.54) is 179 Å². The number of para-hydroxylation sites is 4. The van der Waals surface area contributed by atoms with Crippen molar-refractivity contribution in [3.63, 3.8) is 0 Å². The Balaban J connectivity index is 0.0000000968. The van der Waals surface area contributed by atoms with Gasteiger partial charge in [-0.3, -0.25) is 27.4 Å². The highest BCUT2D eigenvalue weighted by atomic mass is 15.2. The number of rotatable bonds is 7. The summed E-state index contributed by atoms with van der Waals surface area (Å²) in [5.41, 5.74) is 47.7. The fourth-order valence-corrected chi connectivity index (χ4v) is 21.1. The topological polar surface area (TPSA) is 130 Å². The van der Waals surface area contributed by atoms with Crippen LogP contribution in [0.5, 0.6) is 0 Å². The van der Waals surface area contributed by atoms with Crippen molar-refractivity contribution >= 4 is 22.1 Å². The molecule has 18 heterocycles. The van der Waals surface area contributed by atoms with E-state index in [1.807, 2.05) is 75.7 Å². The second kappa shape index (κ2) is 34.9. The summed E-state index contributed by atoms with van der Waals surface area (Å²) in [5, 5.41) is 0. The van der Waals surface area contributed by atoms with E-state index >= 15 is 0 Å². The maximum absolute atomic E-state index is 7.56. The van der Waals surface area contributed by atoms with Crippen LogP contribution in [0.1, 0.15) is 123 Å². The third-order valence-electron chi connectivity index (χ3n) is 28.0. The summed E-state index contributed by atoms with van der Waals surface area (Å²) in [4.78, 5) is 27.3. The zero-order valence-electron chi connectivity index (χ0n) is 82.9. The summed E-state index contributed by atoms with van der Waals surface area (Å²) in [7, 11) is 12.6. The van der Waals surface area contributed by atoms with Crippen molar-refractivity contribution in [3.8, 4) is 113 Å². The molecule has 0 bridgehead atoms. The van der Waals surface area contributed by atoms with Crippen molar-refractivity contribution in [1.29, 1.82) is 0 Å². The van der Waals surface area contributed by atoms with Gasteiger partial charge in [0.2, 0.25) is 34.2 Å². The number of aromatic nitrogens is 18. The van der Waals surface area contributed by atoms with Gasteiger partial charge >= 0.3 is 0 Å². The van der Waals surface area contributed by atoms with Crippen LogP contribution in [0.2, 0.25) is 0 Å². The third-order valence-corrected chi connectivity index (χ3v) is 28.0. The van der Waals surface area contributed by atoms with Crippen molar-refractivity contribution < 1.29 is 31.5 Å². The fraction of sp³-hybridized carbons (Fsp3) is 0.176. The van der Waals surface area contributed by atoms with Gasteiger partial charge in [-0.25, -0.2) is 29.9 Å². The maximum Gasteiger partial charge on any atom is 0.212 e. The van der Waals surface area contributed by atoms with Crippen LogP contribution >= 0.6 is 0 Å². The minimum atomic E-state index is -2.07. The van der Waals surface area contributed by atoms with Crippen LogP contribution in [0.25, 0.3) is 135 Å². The predicted molar refractivity (Wildman–Crippen MR) is 541 cm³/mol. The molecule has 0 atom stereocenters. The first-order valence-electron chi connectivity index (χ1n) is 48.5. The molecular weight excluding hydrogens is 1680 g/mol. The van der Waals surface area contributed by atoms with Crippen LogP contribution in [-0.2, 0) is 80.8 Å². The molecule has 6 aliphatic heterocycles. The molecule has 0 saturated heterocycles. The molecule has 0 amide bonds. The molecular formula is C119H110N18+6. The van der Waals surface area contributed by atoms with Gasteiger partial charge in [0.15, 0.2) is 37.2 Å². The molecule has 137 heavy (non-hydrogen) atoms. The second-order valence-corrected chi connectivity index (χ2v) is 37.4. The summed E-state index contributed by atoms with van der Waals surface area (Å²) < 4.78 is 49.1. The van der Waals surface area contributed by atoms with Crippen LogP contribution in [-0.4, -0.2) is 57.3 Å². The summed E-state index contributed by atoms with van der Waals surface area (Å²) in [6.07, 6.45) is 34.1. The Morgan fingerprint density at radius 1 is 0.248 bits per heavy atom. The Kier molecular flexibility index (Phi) is 21.0. The molecule has 9 aromatic carbocycles. The highest BCUT2D eigenvalue weighted by Crippen LogP contribution is 2.40. The minimum absolute atomic E-state index is 0.382. The monoisotopic (exact) mass is 1790 g/mol. The van der Waals surface area contributed by atoms with Gasteiger partial charge in [-0.15, -0.1) is 0 Å². The van der Waals surface area contributed by atoms with Gasteiger partial charge in [-0.2, -0.15) is 27.4 Å². The van der Waals surface area contributed by atoms with E-state index in [-0.39, 0.29) is 0 Å². The van der Waals surface area contributed by atoms with Crippen molar-refractivity contribution in [2.24, 2.45) is 42.3 Å². The number of hydrogen-bond acceptors (Lipinski definition) is 6. The number of pyridine rings is 6. The molecule has 27 rings (SSSR count). The Labute approximate surface area is 803 Å². The highest BCUT2D eigenvalue weighted by molar-refractivity contribution is 5.83. The molecule has 0 fully saturated rings. The van der Waals surface area contributed by atoms with Crippen LogP contribution in [0, 0.1) is 62.2 Å². The van der Waals surface area contributed by atoms with Gasteiger partial charge in [-0.1, -0.05) is 156 Å². The zero-order chi connectivity index (χ0) is 96.4. The second-order valence-electron chi connectivity index (χ2n) is 37.4. The molecule has 670 valence electrons. The first-order valence-corrected chi connectivity index (χ1v) is 47.0. The molecule has 0 saturated carbocycles. The van der Waals surface area contributed by atoms with Gasteiger partial charge in [-0.05, 0) is 201 Å². The lowest BCUT2D eigenvalue weighted by Gasteiger charge is -2.10. The third kappa shape index (κ3) is 15.8. The van der Waals surface area contributed by atoms with Crippen LogP contribution in [0.4, 0.5) is 0 Å². The van der Waals surface area contributed by atoms with Crippen LogP contribution in [0.3, 0.4) is 0 Å². The lowest BCUT2D eigenvalue weighted by atomic mass is 9.96. The lowest BCUT2D eigenvalue weighted by molar-refractivity contribution is -0.660. The zero-order valence-corrected chi connectivity index (χ0v) is 79.9. The quantitative estimate of drug-likeness (QED) is 0.146. The number of aryl methyl sites for hydroxylation is 15. The van der Waals surface area contributed by atoms with Crippen LogP contribution in [0.15, 0.2) is 323 Å². The summed E-state index contributed by atoms with van der Waals surface area (Å²) >= 11 is 0. The molecule has 21 aromatic rings. The molecule has 0 unspecified atom stereocenters. The van der Waals surface area contributed by atoms with E-state index in [1.54, 1.807) is 12.1 Å². The summed E-state index contributed by atoms with van der Waals surface area (Å²) in [6.45, 7) is 15.1.